The van der Waals surface area contributed by atoms with E-state index >= 15 is 0 Å². The van der Waals surface area contributed by atoms with Crippen molar-refractivity contribution in [2.45, 2.75) is 51.3 Å². The lowest BCUT2D eigenvalue weighted by Crippen LogP contribution is -2.53. The van der Waals surface area contributed by atoms with E-state index < -0.39 is 11.6 Å². The number of hydrogen-bond donors (Lipinski definition) is 4. The lowest BCUT2D eigenvalue weighted by Gasteiger charge is -2.34. The van der Waals surface area contributed by atoms with Crippen molar-refractivity contribution in [1.29, 1.82) is 0 Å². The molecule has 0 radical (unpaired) electrons. The fourth-order valence-corrected chi connectivity index (χ4v) is 1.01. The fourth-order valence-electron chi connectivity index (χ4n) is 1.01. The molecule has 0 fully saturated rings. The molecule has 0 heterocycles. The summed E-state index contributed by atoms with van der Waals surface area (Å²) in [4.78, 5) is 0. The van der Waals surface area contributed by atoms with E-state index in [9.17, 15) is 5.11 Å². The first-order valence-corrected chi connectivity index (χ1v) is 4.98. The van der Waals surface area contributed by atoms with Crippen LogP contribution in [0.3, 0.4) is 0 Å². The molecule has 0 rings (SSSR count). The van der Waals surface area contributed by atoms with E-state index in [4.69, 9.17) is 16.6 Å². The summed E-state index contributed by atoms with van der Waals surface area (Å²) in [6.07, 6.45) is -0.234. The summed E-state index contributed by atoms with van der Waals surface area (Å²) >= 11 is 0. The number of aliphatic hydroxyl groups is 2. The first-order chi connectivity index (χ1) is 6.11. The summed E-state index contributed by atoms with van der Waals surface area (Å²) in [6, 6.07) is 0. The van der Waals surface area contributed by atoms with Crippen LogP contribution in [0.1, 0.15) is 34.1 Å². The van der Waals surface area contributed by atoms with Gasteiger partial charge >= 0.3 is 0 Å². The Morgan fingerprint density at radius 2 is 1.64 bits per heavy atom. The van der Waals surface area contributed by atoms with Gasteiger partial charge in [0.05, 0.1) is 18.2 Å². The number of hydrogen-bond acceptors (Lipinski definition) is 4. The molecule has 0 aliphatic heterocycles. The SMILES string of the molecule is CC(CC(O)C(C)(N)CO)C(C)(C)N. The first-order valence-electron chi connectivity index (χ1n) is 4.98. The second kappa shape index (κ2) is 4.57. The van der Waals surface area contributed by atoms with Crippen molar-refractivity contribution in [3.63, 3.8) is 0 Å². The molecule has 0 bridgehead atoms. The van der Waals surface area contributed by atoms with Crippen molar-refractivity contribution in [2.24, 2.45) is 17.4 Å². The van der Waals surface area contributed by atoms with Crippen LogP contribution in [0.4, 0.5) is 0 Å². The van der Waals surface area contributed by atoms with E-state index in [1.807, 2.05) is 20.8 Å². The molecule has 6 N–H and O–H groups in total. The zero-order chi connectivity index (χ0) is 11.6. The Bertz CT molecular complexity index is 175. The topological polar surface area (TPSA) is 92.5 Å². The lowest BCUT2D eigenvalue weighted by molar-refractivity contribution is 0.0305. The molecule has 86 valence electrons. The summed E-state index contributed by atoms with van der Waals surface area (Å²) in [5, 5.41) is 18.7. The van der Waals surface area contributed by atoms with Gasteiger partial charge in [0, 0.05) is 5.54 Å². The van der Waals surface area contributed by atoms with Crippen molar-refractivity contribution in [3.05, 3.63) is 0 Å². The van der Waals surface area contributed by atoms with Gasteiger partial charge in [-0.25, -0.2) is 0 Å². The molecule has 4 heteroatoms. The minimum absolute atomic E-state index is 0.145. The molecule has 0 aliphatic rings. The van der Waals surface area contributed by atoms with E-state index in [2.05, 4.69) is 0 Å². The van der Waals surface area contributed by atoms with Crippen molar-refractivity contribution >= 4 is 0 Å². The van der Waals surface area contributed by atoms with E-state index in [1.165, 1.54) is 0 Å². The summed E-state index contributed by atoms with van der Waals surface area (Å²) < 4.78 is 0. The second-order valence-corrected chi connectivity index (χ2v) is 5.14. The van der Waals surface area contributed by atoms with Crippen LogP contribution < -0.4 is 11.5 Å². The van der Waals surface area contributed by atoms with Crippen molar-refractivity contribution in [1.82, 2.24) is 0 Å². The maximum absolute atomic E-state index is 9.77. The van der Waals surface area contributed by atoms with Crippen molar-refractivity contribution in [3.8, 4) is 0 Å². The van der Waals surface area contributed by atoms with Crippen LogP contribution in [0, 0.1) is 5.92 Å². The molecule has 0 spiro atoms. The third-order valence-electron chi connectivity index (χ3n) is 2.95. The Morgan fingerprint density at radius 3 is 1.93 bits per heavy atom. The molecule has 3 atom stereocenters. The molecule has 0 aromatic heterocycles. The van der Waals surface area contributed by atoms with Crippen LogP contribution in [0.2, 0.25) is 0 Å². The molecule has 0 aromatic carbocycles. The van der Waals surface area contributed by atoms with Crippen LogP contribution >= 0.6 is 0 Å². The smallest absolute Gasteiger partial charge is 0.0742 e. The van der Waals surface area contributed by atoms with E-state index in [0.717, 1.165) is 0 Å². The van der Waals surface area contributed by atoms with E-state index in [0.29, 0.717) is 6.42 Å². The summed E-state index contributed by atoms with van der Waals surface area (Å²) in [5.41, 5.74) is 10.3. The molecule has 14 heavy (non-hydrogen) atoms. The number of rotatable bonds is 5. The van der Waals surface area contributed by atoms with Crippen molar-refractivity contribution < 1.29 is 10.2 Å². The Kier molecular flexibility index (Phi) is 4.52. The minimum atomic E-state index is -0.945. The molecule has 0 amide bonds. The predicted molar refractivity (Wildman–Crippen MR) is 57.7 cm³/mol. The largest absolute Gasteiger partial charge is 0.394 e. The normalized spacial score (nSPS) is 21.4. The Labute approximate surface area is 86.3 Å². The molecular formula is C10H24N2O2. The Morgan fingerprint density at radius 1 is 1.21 bits per heavy atom. The zero-order valence-corrected chi connectivity index (χ0v) is 9.62. The third kappa shape index (κ3) is 3.92. The Balaban J connectivity index is 4.26. The highest BCUT2D eigenvalue weighted by molar-refractivity contribution is 4.90. The minimum Gasteiger partial charge on any atom is -0.394 e. The average molecular weight is 204 g/mol. The quantitative estimate of drug-likeness (QED) is 0.500. The van der Waals surface area contributed by atoms with Gasteiger partial charge < -0.3 is 21.7 Å². The molecule has 4 nitrogen and oxygen atoms in total. The van der Waals surface area contributed by atoms with Crippen LogP contribution in [0.25, 0.3) is 0 Å². The summed E-state index contributed by atoms with van der Waals surface area (Å²) in [6.45, 7) is 7.20. The highest BCUT2D eigenvalue weighted by Gasteiger charge is 2.32. The van der Waals surface area contributed by atoms with Gasteiger partial charge in [-0.1, -0.05) is 6.92 Å². The summed E-state index contributed by atoms with van der Waals surface area (Å²) in [5.74, 6) is 0.145. The van der Waals surface area contributed by atoms with Gasteiger partial charge in [0.25, 0.3) is 0 Å². The predicted octanol–water partition coefficient (Wildman–Crippen LogP) is -0.179. The van der Waals surface area contributed by atoms with Crippen LogP contribution in [-0.2, 0) is 0 Å². The molecule has 0 aliphatic carbocycles. The maximum atomic E-state index is 9.77. The van der Waals surface area contributed by atoms with Gasteiger partial charge in [0.2, 0.25) is 0 Å². The molecular weight excluding hydrogens is 180 g/mol. The zero-order valence-electron chi connectivity index (χ0n) is 9.62. The van der Waals surface area contributed by atoms with Crippen molar-refractivity contribution in [2.75, 3.05) is 6.61 Å². The third-order valence-corrected chi connectivity index (χ3v) is 2.95. The van der Waals surface area contributed by atoms with Crippen LogP contribution in [0.5, 0.6) is 0 Å². The van der Waals surface area contributed by atoms with Crippen LogP contribution in [-0.4, -0.2) is 34.0 Å². The molecule has 0 saturated carbocycles. The molecule has 0 aromatic rings. The average Bonchev–Trinajstić information content (AvgIpc) is 2.02. The number of aliphatic hydroxyl groups excluding tert-OH is 2. The number of nitrogens with two attached hydrogens (primary N) is 2. The van der Waals surface area contributed by atoms with Gasteiger partial charge in [0.15, 0.2) is 0 Å². The highest BCUT2D eigenvalue weighted by atomic mass is 16.3. The van der Waals surface area contributed by atoms with Crippen LogP contribution in [0.15, 0.2) is 0 Å². The van der Waals surface area contributed by atoms with E-state index in [-0.39, 0.29) is 18.1 Å². The maximum Gasteiger partial charge on any atom is 0.0742 e. The fraction of sp³-hybridized carbons (Fsp3) is 1.00. The first kappa shape index (κ1) is 13.8. The van der Waals surface area contributed by atoms with E-state index in [1.54, 1.807) is 6.92 Å². The molecule has 0 saturated heterocycles. The van der Waals surface area contributed by atoms with Gasteiger partial charge in [-0.2, -0.15) is 0 Å². The lowest BCUT2D eigenvalue weighted by atomic mass is 9.81. The van der Waals surface area contributed by atoms with Gasteiger partial charge in [-0.3, -0.25) is 0 Å². The van der Waals surface area contributed by atoms with Gasteiger partial charge in [-0.05, 0) is 33.1 Å². The van der Waals surface area contributed by atoms with Gasteiger partial charge in [0.1, 0.15) is 0 Å². The van der Waals surface area contributed by atoms with Gasteiger partial charge in [-0.15, -0.1) is 0 Å². The monoisotopic (exact) mass is 204 g/mol. The highest BCUT2D eigenvalue weighted by Crippen LogP contribution is 2.22. The standard InChI is InChI=1S/C10H24N2O2/c1-7(9(2,3)11)5-8(14)10(4,12)6-13/h7-8,13-14H,5-6,11-12H2,1-4H3. The Hall–Kier alpha value is -0.160. The second-order valence-electron chi connectivity index (χ2n) is 5.14. The summed E-state index contributed by atoms with van der Waals surface area (Å²) in [7, 11) is 0. The molecule has 3 unspecified atom stereocenters.